The molecule has 2 aromatic carbocycles. The van der Waals surface area contributed by atoms with Gasteiger partial charge in [0.15, 0.2) is 5.60 Å². The summed E-state index contributed by atoms with van der Waals surface area (Å²) in [6.45, 7) is 2.31. The molecule has 3 heterocycles. The lowest BCUT2D eigenvalue weighted by Gasteiger charge is -2.28. The highest BCUT2D eigenvalue weighted by Crippen LogP contribution is 2.46. The summed E-state index contributed by atoms with van der Waals surface area (Å²) in [5, 5.41) is 27.3. The number of anilines is 2. The molecule has 204 valence electrons. The summed E-state index contributed by atoms with van der Waals surface area (Å²) in [6.07, 6.45) is 5.98. The number of aliphatic hydroxyl groups is 2. The molecule has 0 spiro atoms. The van der Waals surface area contributed by atoms with Gasteiger partial charge in [-0.15, -0.1) is 0 Å². The standard InChI is InChI=1S/C30H34N4O5/c1-20(8-6-12-27(36)33-17-7-11-23(33)19-35)30(39)24-18-22(13-15-26(24)32(2)29(30)38)34-28(37)16-14-25(31-34)21-9-4-3-5-10-21/h3-6,8-10,13,15,18,20,23,35,39H,7,11-12,14,16-17,19H2,1-2H3/b8-6+/t20-,23+,30+/m1/s1. The van der Waals surface area contributed by atoms with Crippen LogP contribution in [0.25, 0.3) is 0 Å². The minimum Gasteiger partial charge on any atom is -0.394 e. The predicted molar refractivity (Wildman–Crippen MR) is 148 cm³/mol. The zero-order valence-corrected chi connectivity index (χ0v) is 22.3. The molecule has 0 aromatic heterocycles. The Balaban J connectivity index is 1.41. The lowest BCUT2D eigenvalue weighted by Crippen LogP contribution is -2.43. The zero-order valence-electron chi connectivity index (χ0n) is 22.3. The molecule has 3 aliphatic heterocycles. The van der Waals surface area contributed by atoms with Crippen LogP contribution in [0.2, 0.25) is 0 Å². The van der Waals surface area contributed by atoms with Crippen molar-refractivity contribution in [1.82, 2.24) is 4.90 Å². The first-order valence-corrected chi connectivity index (χ1v) is 13.4. The second-order valence-electron chi connectivity index (χ2n) is 10.4. The molecule has 2 aromatic rings. The predicted octanol–water partition coefficient (Wildman–Crippen LogP) is 2.95. The lowest BCUT2D eigenvalue weighted by atomic mass is 9.82. The third kappa shape index (κ3) is 4.77. The molecule has 0 aliphatic carbocycles. The number of hydrogen-bond donors (Lipinski definition) is 2. The van der Waals surface area contributed by atoms with E-state index >= 15 is 0 Å². The van der Waals surface area contributed by atoms with Crippen molar-refractivity contribution in [3.05, 3.63) is 71.8 Å². The van der Waals surface area contributed by atoms with Crippen LogP contribution in [0.5, 0.6) is 0 Å². The Morgan fingerprint density at radius 2 is 1.95 bits per heavy atom. The Morgan fingerprint density at radius 1 is 1.18 bits per heavy atom. The smallest absolute Gasteiger partial charge is 0.264 e. The average molecular weight is 531 g/mol. The van der Waals surface area contributed by atoms with Gasteiger partial charge in [-0.25, -0.2) is 5.01 Å². The Morgan fingerprint density at radius 3 is 2.69 bits per heavy atom. The van der Waals surface area contributed by atoms with Crippen LogP contribution >= 0.6 is 0 Å². The van der Waals surface area contributed by atoms with Gasteiger partial charge < -0.3 is 20.0 Å². The van der Waals surface area contributed by atoms with Crippen molar-refractivity contribution in [1.29, 1.82) is 0 Å². The maximum atomic E-state index is 13.3. The largest absolute Gasteiger partial charge is 0.394 e. The molecule has 1 saturated heterocycles. The van der Waals surface area contributed by atoms with Gasteiger partial charge in [-0.2, -0.15) is 5.10 Å². The number of nitrogens with zero attached hydrogens (tertiary/aromatic N) is 4. The SMILES string of the molecule is C[C@H](/C=C/CC(=O)N1CCC[C@H]1CO)[C@@]1(O)C(=O)N(C)c2ccc(N3N=C(c4ccccc4)CCC3=O)cc21. The van der Waals surface area contributed by atoms with Gasteiger partial charge in [-0.3, -0.25) is 14.4 Å². The number of likely N-dealkylation sites (tertiary alicyclic amines) is 1. The van der Waals surface area contributed by atoms with Crippen LogP contribution in [0.3, 0.4) is 0 Å². The van der Waals surface area contributed by atoms with Crippen molar-refractivity contribution < 1.29 is 24.6 Å². The second-order valence-corrected chi connectivity index (χ2v) is 10.4. The highest BCUT2D eigenvalue weighted by molar-refractivity contribution is 6.10. The highest BCUT2D eigenvalue weighted by atomic mass is 16.3. The fourth-order valence-corrected chi connectivity index (χ4v) is 5.75. The van der Waals surface area contributed by atoms with Crippen LogP contribution in [-0.2, 0) is 20.0 Å². The van der Waals surface area contributed by atoms with Crippen LogP contribution < -0.4 is 9.91 Å². The third-order valence-corrected chi connectivity index (χ3v) is 8.05. The summed E-state index contributed by atoms with van der Waals surface area (Å²) in [6, 6.07) is 14.7. The molecule has 2 N–H and O–H groups in total. The molecule has 39 heavy (non-hydrogen) atoms. The van der Waals surface area contributed by atoms with Gasteiger partial charge in [0.1, 0.15) is 0 Å². The summed E-state index contributed by atoms with van der Waals surface area (Å²) in [5.41, 5.74) is 1.29. The Labute approximate surface area is 228 Å². The fraction of sp³-hybridized carbons (Fsp3) is 0.400. The number of rotatable bonds is 7. The van der Waals surface area contributed by atoms with E-state index in [0.29, 0.717) is 36.3 Å². The number of carbonyl (C=O) groups is 3. The average Bonchev–Trinajstić information content (AvgIpc) is 3.52. The molecular weight excluding hydrogens is 496 g/mol. The number of benzene rings is 2. The molecule has 3 atom stereocenters. The van der Waals surface area contributed by atoms with Crippen molar-refractivity contribution in [2.45, 2.75) is 50.7 Å². The molecule has 5 rings (SSSR count). The summed E-state index contributed by atoms with van der Waals surface area (Å²) >= 11 is 0. The van der Waals surface area contributed by atoms with Gasteiger partial charge in [0.25, 0.3) is 5.91 Å². The topological polar surface area (TPSA) is 114 Å². The van der Waals surface area contributed by atoms with Crippen molar-refractivity contribution in [2.24, 2.45) is 11.0 Å². The quantitative estimate of drug-likeness (QED) is 0.535. The van der Waals surface area contributed by atoms with E-state index in [4.69, 9.17) is 0 Å². The number of amides is 3. The number of aliphatic hydroxyl groups excluding tert-OH is 1. The van der Waals surface area contributed by atoms with E-state index < -0.39 is 17.4 Å². The Bertz CT molecular complexity index is 1340. The summed E-state index contributed by atoms with van der Waals surface area (Å²) in [5.74, 6) is -1.37. The normalized spacial score (nSPS) is 23.9. The van der Waals surface area contributed by atoms with E-state index in [2.05, 4.69) is 5.10 Å². The molecule has 3 aliphatic rings. The number of carbonyl (C=O) groups excluding carboxylic acids is 3. The van der Waals surface area contributed by atoms with Crippen LogP contribution in [0.4, 0.5) is 11.4 Å². The number of hydrazone groups is 1. The maximum Gasteiger partial charge on any atom is 0.264 e. The highest BCUT2D eigenvalue weighted by Gasteiger charge is 2.51. The van der Waals surface area contributed by atoms with Crippen molar-refractivity contribution in [3.63, 3.8) is 0 Å². The van der Waals surface area contributed by atoms with Crippen molar-refractivity contribution in [3.8, 4) is 0 Å². The van der Waals surface area contributed by atoms with Crippen molar-refractivity contribution in [2.75, 3.05) is 30.1 Å². The van der Waals surface area contributed by atoms with Crippen molar-refractivity contribution >= 4 is 34.8 Å². The molecule has 0 saturated carbocycles. The minimum absolute atomic E-state index is 0.0536. The van der Waals surface area contributed by atoms with Gasteiger partial charge in [0.05, 0.1) is 29.7 Å². The van der Waals surface area contributed by atoms with Gasteiger partial charge in [-0.05, 0) is 36.6 Å². The van der Waals surface area contributed by atoms with Crippen LogP contribution in [0, 0.1) is 5.92 Å². The summed E-state index contributed by atoms with van der Waals surface area (Å²) in [4.78, 5) is 42.0. The molecule has 9 heteroatoms. The minimum atomic E-state index is -1.87. The molecule has 1 fully saturated rings. The lowest BCUT2D eigenvalue weighted by molar-refractivity contribution is -0.139. The zero-order chi connectivity index (χ0) is 27.7. The molecule has 3 amide bonds. The third-order valence-electron chi connectivity index (χ3n) is 8.05. The van der Waals surface area contributed by atoms with Crippen LogP contribution in [0.15, 0.2) is 65.8 Å². The first kappa shape index (κ1) is 26.8. The van der Waals surface area contributed by atoms with Gasteiger partial charge >= 0.3 is 0 Å². The maximum absolute atomic E-state index is 13.3. The first-order chi connectivity index (χ1) is 18.8. The molecule has 0 bridgehead atoms. The summed E-state index contributed by atoms with van der Waals surface area (Å²) < 4.78 is 0. The van der Waals surface area contributed by atoms with E-state index in [9.17, 15) is 24.6 Å². The van der Waals surface area contributed by atoms with Crippen LogP contribution in [-0.4, -0.2) is 64.8 Å². The number of hydrogen-bond acceptors (Lipinski definition) is 6. The van der Waals surface area contributed by atoms with E-state index in [0.717, 1.165) is 24.1 Å². The van der Waals surface area contributed by atoms with E-state index in [1.54, 1.807) is 49.2 Å². The molecule has 0 radical (unpaired) electrons. The van der Waals surface area contributed by atoms with E-state index in [1.165, 1.54) is 9.91 Å². The van der Waals surface area contributed by atoms with Gasteiger partial charge in [-0.1, -0.05) is 49.4 Å². The second kappa shape index (κ2) is 10.7. The van der Waals surface area contributed by atoms with Gasteiger partial charge in [0, 0.05) is 44.3 Å². The number of fused-ring (bicyclic) bond motifs is 1. The van der Waals surface area contributed by atoms with E-state index in [-0.39, 0.29) is 30.9 Å². The molecular formula is C30H34N4O5. The Kier molecular flexibility index (Phi) is 7.38. The fourth-order valence-electron chi connectivity index (χ4n) is 5.75. The van der Waals surface area contributed by atoms with Crippen LogP contribution in [0.1, 0.15) is 50.2 Å². The molecule has 0 unspecified atom stereocenters. The summed E-state index contributed by atoms with van der Waals surface area (Å²) in [7, 11) is 1.61. The monoisotopic (exact) mass is 530 g/mol. The Hall–Kier alpha value is -3.82. The number of likely N-dealkylation sites (N-methyl/N-ethyl adjacent to an activating group) is 1. The van der Waals surface area contributed by atoms with E-state index in [1.807, 2.05) is 30.3 Å². The first-order valence-electron chi connectivity index (χ1n) is 13.4. The van der Waals surface area contributed by atoms with Gasteiger partial charge in [0.2, 0.25) is 11.8 Å². The molecule has 9 nitrogen and oxygen atoms in total.